The second-order valence-corrected chi connectivity index (χ2v) is 6.06. The molecule has 1 aromatic carbocycles. The van der Waals surface area contributed by atoms with Gasteiger partial charge in [-0.05, 0) is 43.1 Å². The van der Waals surface area contributed by atoms with Gasteiger partial charge in [-0.1, -0.05) is 19.1 Å². The summed E-state index contributed by atoms with van der Waals surface area (Å²) in [6, 6.07) is 7.27. The second-order valence-electron chi connectivity index (χ2n) is 6.06. The number of nitrogens with one attached hydrogen (secondary N) is 1. The van der Waals surface area contributed by atoms with Crippen molar-refractivity contribution in [3.8, 4) is 5.75 Å². The molecule has 0 amide bonds. The Hall–Kier alpha value is -1.06. The van der Waals surface area contributed by atoms with Gasteiger partial charge in [0.05, 0.1) is 6.61 Å². The Kier molecular flexibility index (Phi) is 3.76. The number of ether oxygens (including phenoxy) is 1. The fraction of sp³-hybridized carbons (Fsp3) is 0.625. The molecule has 0 radical (unpaired) electrons. The smallest absolute Gasteiger partial charge is 0.122 e. The zero-order valence-corrected chi connectivity index (χ0v) is 12.0. The highest BCUT2D eigenvalue weighted by Crippen LogP contribution is 2.26. The fourth-order valence-electron chi connectivity index (χ4n) is 3.26. The molecule has 0 aliphatic carbocycles. The Balaban J connectivity index is 1.57. The Morgan fingerprint density at radius 3 is 3.16 bits per heavy atom. The zero-order valence-electron chi connectivity index (χ0n) is 12.0. The van der Waals surface area contributed by atoms with Gasteiger partial charge in [0.1, 0.15) is 5.75 Å². The quantitative estimate of drug-likeness (QED) is 0.900. The maximum atomic E-state index is 5.55. The minimum absolute atomic E-state index is 0.653. The third-order valence-electron chi connectivity index (χ3n) is 4.43. The van der Waals surface area contributed by atoms with E-state index in [2.05, 4.69) is 42.4 Å². The maximum Gasteiger partial charge on any atom is 0.122 e. The Morgan fingerprint density at radius 2 is 2.32 bits per heavy atom. The van der Waals surface area contributed by atoms with Crippen LogP contribution in [0, 0.1) is 5.92 Å². The van der Waals surface area contributed by atoms with Gasteiger partial charge >= 0.3 is 0 Å². The van der Waals surface area contributed by atoms with Crippen molar-refractivity contribution in [1.82, 2.24) is 10.2 Å². The number of hydrogen-bond donors (Lipinski definition) is 1. The largest absolute Gasteiger partial charge is 0.493 e. The number of benzene rings is 1. The summed E-state index contributed by atoms with van der Waals surface area (Å²) in [7, 11) is 2.22. The molecule has 1 fully saturated rings. The number of hydrogen-bond acceptors (Lipinski definition) is 3. The molecule has 0 aromatic heterocycles. The first-order valence-electron chi connectivity index (χ1n) is 7.39. The van der Waals surface area contributed by atoms with Crippen LogP contribution in [0.1, 0.15) is 24.5 Å². The molecule has 3 rings (SSSR count). The molecule has 2 aliphatic rings. The molecule has 3 nitrogen and oxygen atoms in total. The highest BCUT2D eigenvalue weighted by molar-refractivity contribution is 5.39. The van der Waals surface area contributed by atoms with Crippen molar-refractivity contribution in [3.63, 3.8) is 0 Å². The summed E-state index contributed by atoms with van der Waals surface area (Å²) in [6.45, 7) is 6.59. The van der Waals surface area contributed by atoms with Crippen LogP contribution in [0.5, 0.6) is 5.75 Å². The number of rotatable bonds is 3. The van der Waals surface area contributed by atoms with E-state index in [1.807, 2.05) is 0 Å². The molecule has 0 bridgehead atoms. The van der Waals surface area contributed by atoms with Crippen molar-refractivity contribution in [1.29, 1.82) is 0 Å². The van der Waals surface area contributed by atoms with Crippen LogP contribution < -0.4 is 10.1 Å². The van der Waals surface area contributed by atoms with Gasteiger partial charge in [-0.2, -0.15) is 0 Å². The lowest BCUT2D eigenvalue weighted by molar-refractivity contribution is 0.174. The van der Waals surface area contributed by atoms with E-state index in [1.165, 1.54) is 30.6 Å². The number of likely N-dealkylation sites (tertiary alicyclic amines) is 1. The van der Waals surface area contributed by atoms with Gasteiger partial charge in [0.2, 0.25) is 0 Å². The fourth-order valence-corrected chi connectivity index (χ4v) is 3.26. The molecule has 2 heterocycles. The number of nitrogens with zero attached hydrogens (tertiary/aromatic N) is 1. The summed E-state index contributed by atoms with van der Waals surface area (Å²) in [5.74, 6) is 1.81. The summed E-state index contributed by atoms with van der Waals surface area (Å²) in [4.78, 5) is 2.43. The van der Waals surface area contributed by atoms with Gasteiger partial charge in [-0.3, -0.25) is 0 Å². The predicted molar refractivity (Wildman–Crippen MR) is 77.5 cm³/mol. The van der Waals surface area contributed by atoms with Crippen LogP contribution in [-0.4, -0.2) is 37.7 Å². The number of piperidine rings is 1. The zero-order chi connectivity index (χ0) is 13.2. The van der Waals surface area contributed by atoms with Crippen molar-refractivity contribution in [2.75, 3.05) is 26.7 Å². The molecule has 2 aliphatic heterocycles. The Labute approximate surface area is 115 Å². The first kappa shape index (κ1) is 12.9. The SMILES string of the molecule is CC1CN(C)CCC1NCc1ccc2c(c1)CCO2. The van der Waals surface area contributed by atoms with Crippen LogP contribution in [0.3, 0.4) is 0 Å². The van der Waals surface area contributed by atoms with E-state index >= 15 is 0 Å². The topological polar surface area (TPSA) is 24.5 Å². The molecule has 104 valence electrons. The third-order valence-corrected chi connectivity index (χ3v) is 4.43. The molecule has 2 atom stereocenters. The molecule has 3 heteroatoms. The summed E-state index contributed by atoms with van der Waals surface area (Å²) >= 11 is 0. The van der Waals surface area contributed by atoms with E-state index < -0.39 is 0 Å². The average Bonchev–Trinajstić information content (AvgIpc) is 2.85. The summed E-state index contributed by atoms with van der Waals surface area (Å²) in [6.07, 6.45) is 2.32. The molecular weight excluding hydrogens is 236 g/mol. The third kappa shape index (κ3) is 2.93. The monoisotopic (exact) mass is 260 g/mol. The molecule has 0 saturated carbocycles. The molecule has 1 saturated heterocycles. The van der Waals surface area contributed by atoms with Crippen molar-refractivity contribution in [3.05, 3.63) is 29.3 Å². The molecule has 2 unspecified atom stereocenters. The van der Waals surface area contributed by atoms with Crippen molar-refractivity contribution < 1.29 is 4.74 Å². The first-order chi connectivity index (χ1) is 9.22. The summed E-state index contributed by atoms with van der Waals surface area (Å²) in [5, 5.41) is 3.73. The minimum Gasteiger partial charge on any atom is -0.493 e. The normalized spacial score (nSPS) is 27.1. The lowest BCUT2D eigenvalue weighted by atomic mass is 9.94. The predicted octanol–water partition coefficient (Wildman–Crippen LogP) is 2.05. The highest BCUT2D eigenvalue weighted by atomic mass is 16.5. The van der Waals surface area contributed by atoms with E-state index in [1.54, 1.807) is 0 Å². The van der Waals surface area contributed by atoms with Gasteiger partial charge in [-0.15, -0.1) is 0 Å². The Morgan fingerprint density at radius 1 is 1.42 bits per heavy atom. The maximum absolute atomic E-state index is 5.55. The van der Waals surface area contributed by atoms with Crippen LogP contribution in [0.4, 0.5) is 0 Å². The van der Waals surface area contributed by atoms with Crippen LogP contribution in [-0.2, 0) is 13.0 Å². The van der Waals surface area contributed by atoms with Crippen molar-refractivity contribution in [2.45, 2.75) is 32.4 Å². The molecule has 0 spiro atoms. The van der Waals surface area contributed by atoms with Gasteiger partial charge in [0, 0.05) is 25.6 Å². The van der Waals surface area contributed by atoms with Crippen molar-refractivity contribution in [2.24, 2.45) is 5.92 Å². The van der Waals surface area contributed by atoms with E-state index in [4.69, 9.17) is 4.74 Å². The van der Waals surface area contributed by atoms with Crippen LogP contribution in [0.25, 0.3) is 0 Å². The number of fused-ring (bicyclic) bond motifs is 1. The van der Waals surface area contributed by atoms with Crippen LogP contribution >= 0.6 is 0 Å². The molecule has 1 N–H and O–H groups in total. The van der Waals surface area contributed by atoms with Crippen LogP contribution in [0.2, 0.25) is 0 Å². The lowest BCUT2D eigenvalue weighted by Gasteiger charge is -2.35. The van der Waals surface area contributed by atoms with E-state index in [0.717, 1.165) is 31.2 Å². The van der Waals surface area contributed by atoms with Gasteiger partial charge < -0.3 is 15.0 Å². The summed E-state index contributed by atoms with van der Waals surface area (Å²) < 4.78 is 5.55. The second kappa shape index (κ2) is 5.51. The standard InChI is InChI=1S/C16H24N2O/c1-12-11-18(2)7-5-15(12)17-10-13-3-4-16-14(9-13)6-8-19-16/h3-4,9,12,15,17H,5-8,10-11H2,1-2H3. The average molecular weight is 260 g/mol. The molecule has 19 heavy (non-hydrogen) atoms. The summed E-state index contributed by atoms with van der Waals surface area (Å²) in [5.41, 5.74) is 2.76. The molecule has 1 aromatic rings. The molecular formula is C16H24N2O. The van der Waals surface area contributed by atoms with Gasteiger partial charge in [0.25, 0.3) is 0 Å². The first-order valence-corrected chi connectivity index (χ1v) is 7.39. The van der Waals surface area contributed by atoms with E-state index in [-0.39, 0.29) is 0 Å². The lowest BCUT2D eigenvalue weighted by Crippen LogP contribution is -2.46. The van der Waals surface area contributed by atoms with Crippen molar-refractivity contribution >= 4 is 0 Å². The van der Waals surface area contributed by atoms with Gasteiger partial charge in [-0.25, -0.2) is 0 Å². The van der Waals surface area contributed by atoms with Gasteiger partial charge in [0.15, 0.2) is 0 Å². The van der Waals surface area contributed by atoms with E-state index in [9.17, 15) is 0 Å². The van der Waals surface area contributed by atoms with Crippen LogP contribution in [0.15, 0.2) is 18.2 Å². The minimum atomic E-state index is 0.653. The Bertz CT molecular complexity index is 446. The van der Waals surface area contributed by atoms with E-state index in [0.29, 0.717) is 6.04 Å². The highest BCUT2D eigenvalue weighted by Gasteiger charge is 2.23.